The van der Waals surface area contributed by atoms with E-state index in [1.165, 1.54) is 19.1 Å². The first-order valence-electron chi connectivity index (χ1n) is 7.52. The second kappa shape index (κ2) is 7.59. The highest BCUT2D eigenvalue weighted by Gasteiger charge is 2.30. The van der Waals surface area contributed by atoms with Gasteiger partial charge in [-0.05, 0) is 43.7 Å². The van der Waals surface area contributed by atoms with Crippen LogP contribution in [0.5, 0.6) is 0 Å². The van der Waals surface area contributed by atoms with Gasteiger partial charge in [-0.15, -0.1) is 0 Å². The largest absolute Gasteiger partial charge is 0.322 e. The summed E-state index contributed by atoms with van der Waals surface area (Å²) in [6.45, 7) is 3.11. The van der Waals surface area contributed by atoms with Gasteiger partial charge in [0.2, 0.25) is 15.9 Å². The van der Waals surface area contributed by atoms with Gasteiger partial charge in [-0.2, -0.15) is 0 Å². The van der Waals surface area contributed by atoms with Crippen LogP contribution in [0.4, 0.5) is 20.2 Å². The summed E-state index contributed by atoms with van der Waals surface area (Å²) in [6.07, 6.45) is 0.947. The van der Waals surface area contributed by atoms with Crippen molar-refractivity contribution in [2.45, 2.75) is 19.9 Å². The molecule has 140 valence electrons. The highest BCUT2D eigenvalue weighted by molar-refractivity contribution is 7.92. The fraction of sp³-hybridized carbons (Fsp3) is 0.235. The van der Waals surface area contributed by atoms with Crippen molar-refractivity contribution in [3.8, 4) is 0 Å². The molecule has 26 heavy (non-hydrogen) atoms. The molecule has 1 amide bonds. The SMILES string of the molecule is Cc1ccc(N([C@H](C)C(=O)Nc2ccc(F)cc2F)S(C)(=O)=O)cc1Cl. The van der Waals surface area contributed by atoms with Crippen molar-refractivity contribution >= 4 is 38.9 Å². The zero-order chi connectivity index (χ0) is 19.6. The molecule has 9 heteroatoms. The molecule has 0 saturated heterocycles. The van der Waals surface area contributed by atoms with Crippen LogP contribution in [0.2, 0.25) is 5.02 Å². The smallest absolute Gasteiger partial charge is 0.248 e. The molecule has 0 unspecified atom stereocenters. The molecule has 1 N–H and O–H groups in total. The number of carbonyl (C=O) groups excluding carboxylic acids is 1. The lowest BCUT2D eigenvalue weighted by atomic mass is 10.2. The number of benzene rings is 2. The average molecular weight is 403 g/mol. The third kappa shape index (κ3) is 4.50. The van der Waals surface area contributed by atoms with E-state index in [0.717, 1.165) is 28.3 Å². The second-order valence-electron chi connectivity index (χ2n) is 5.78. The van der Waals surface area contributed by atoms with Gasteiger partial charge in [0.05, 0.1) is 17.6 Å². The number of nitrogens with zero attached hydrogens (tertiary/aromatic N) is 1. The lowest BCUT2D eigenvalue weighted by Gasteiger charge is -2.28. The van der Waals surface area contributed by atoms with Gasteiger partial charge in [-0.3, -0.25) is 9.10 Å². The molecule has 0 spiro atoms. The van der Waals surface area contributed by atoms with E-state index in [1.54, 1.807) is 13.0 Å². The van der Waals surface area contributed by atoms with Gasteiger partial charge in [0.25, 0.3) is 0 Å². The first-order valence-corrected chi connectivity index (χ1v) is 9.75. The fourth-order valence-corrected chi connectivity index (χ4v) is 3.70. The van der Waals surface area contributed by atoms with Gasteiger partial charge in [0.15, 0.2) is 0 Å². The summed E-state index contributed by atoms with van der Waals surface area (Å²) in [5, 5.41) is 2.61. The van der Waals surface area contributed by atoms with Crippen LogP contribution in [-0.4, -0.2) is 26.6 Å². The highest BCUT2D eigenvalue weighted by atomic mass is 35.5. The standard InChI is InChI=1S/C17H17ClF2N2O3S/c1-10-4-6-13(9-14(10)18)22(26(3,24)25)11(2)17(23)21-16-7-5-12(19)8-15(16)20/h4-9,11H,1-3H3,(H,21,23)/t11-/m1/s1. The van der Waals surface area contributed by atoms with Crippen molar-refractivity contribution in [3.63, 3.8) is 0 Å². The summed E-state index contributed by atoms with van der Waals surface area (Å²) in [4.78, 5) is 12.5. The van der Waals surface area contributed by atoms with Crippen LogP contribution >= 0.6 is 11.6 Å². The second-order valence-corrected chi connectivity index (χ2v) is 8.05. The summed E-state index contributed by atoms with van der Waals surface area (Å²) in [6, 6.07) is 6.03. The Kier molecular flexibility index (Phi) is 5.87. The summed E-state index contributed by atoms with van der Waals surface area (Å²) in [5.41, 5.74) is 0.693. The Morgan fingerprint density at radius 3 is 2.38 bits per heavy atom. The van der Waals surface area contributed by atoms with Crippen molar-refractivity contribution in [2.24, 2.45) is 0 Å². The quantitative estimate of drug-likeness (QED) is 0.828. The molecule has 2 rings (SSSR count). The molecular formula is C17H17ClF2N2O3S. The molecule has 0 heterocycles. The van der Waals surface area contributed by atoms with Crippen LogP contribution < -0.4 is 9.62 Å². The summed E-state index contributed by atoms with van der Waals surface area (Å²) in [5.74, 6) is -2.53. The normalized spacial score (nSPS) is 12.5. The molecule has 0 aliphatic carbocycles. The lowest BCUT2D eigenvalue weighted by molar-refractivity contribution is -0.116. The Morgan fingerprint density at radius 2 is 1.85 bits per heavy atom. The minimum atomic E-state index is -3.84. The first kappa shape index (κ1) is 20.1. The van der Waals surface area contributed by atoms with E-state index in [2.05, 4.69) is 5.32 Å². The van der Waals surface area contributed by atoms with Gasteiger partial charge in [-0.25, -0.2) is 17.2 Å². The Hall–Kier alpha value is -2.19. The predicted octanol–water partition coefficient (Wildman–Crippen LogP) is 3.72. The number of sulfonamides is 1. The Bertz CT molecular complexity index is 951. The maximum absolute atomic E-state index is 13.7. The fourth-order valence-electron chi connectivity index (χ4n) is 2.36. The Morgan fingerprint density at radius 1 is 1.19 bits per heavy atom. The highest BCUT2D eigenvalue weighted by Crippen LogP contribution is 2.27. The van der Waals surface area contributed by atoms with E-state index in [1.807, 2.05) is 0 Å². The Labute approximate surface area is 155 Å². The van der Waals surface area contributed by atoms with E-state index in [9.17, 15) is 22.0 Å². The van der Waals surface area contributed by atoms with Crippen LogP contribution in [0, 0.1) is 18.6 Å². The molecule has 2 aromatic carbocycles. The predicted molar refractivity (Wildman–Crippen MR) is 98.0 cm³/mol. The molecule has 0 aliphatic rings. The van der Waals surface area contributed by atoms with Crippen LogP contribution in [-0.2, 0) is 14.8 Å². The molecule has 0 radical (unpaired) electrons. The molecule has 5 nitrogen and oxygen atoms in total. The molecular weight excluding hydrogens is 386 g/mol. The number of hydrogen-bond donors (Lipinski definition) is 1. The summed E-state index contributed by atoms with van der Waals surface area (Å²) < 4.78 is 52.0. The van der Waals surface area contributed by atoms with Crippen molar-refractivity contribution in [3.05, 3.63) is 58.6 Å². The number of nitrogens with one attached hydrogen (secondary N) is 1. The number of aryl methyl sites for hydroxylation is 1. The minimum Gasteiger partial charge on any atom is -0.322 e. The zero-order valence-electron chi connectivity index (χ0n) is 14.3. The molecule has 0 fully saturated rings. The average Bonchev–Trinajstić information content (AvgIpc) is 2.52. The third-order valence-corrected chi connectivity index (χ3v) is 5.34. The topological polar surface area (TPSA) is 66.5 Å². The zero-order valence-corrected chi connectivity index (χ0v) is 15.8. The molecule has 0 aliphatic heterocycles. The number of rotatable bonds is 5. The Balaban J connectivity index is 2.35. The van der Waals surface area contributed by atoms with Crippen molar-refractivity contribution < 1.29 is 22.0 Å². The minimum absolute atomic E-state index is 0.199. The van der Waals surface area contributed by atoms with E-state index in [4.69, 9.17) is 11.6 Å². The van der Waals surface area contributed by atoms with Gasteiger partial charge in [0.1, 0.15) is 17.7 Å². The van der Waals surface area contributed by atoms with Gasteiger partial charge < -0.3 is 5.32 Å². The number of amides is 1. The monoisotopic (exact) mass is 402 g/mol. The molecule has 2 aromatic rings. The van der Waals surface area contributed by atoms with Gasteiger partial charge >= 0.3 is 0 Å². The lowest BCUT2D eigenvalue weighted by Crippen LogP contribution is -2.45. The van der Waals surface area contributed by atoms with Crippen LogP contribution in [0.15, 0.2) is 36.4 Å². The molecule has 0 saturated carbocycles. The summed E-state index contributed by atoms with van der Waals surface area (Å²) in [7, 11) is -3.84. The number of anilines is 2. The maximum atomic E-state index is 13.7. The number of halogens is 3. The van der Waals surface area contributed by atoms with Crippen molar-refractivity contribution in [1.29, 1.82) is 0 Å². The summed E-state index contributed by atoms with van der Waals surface area (Å²) >= 11 is 6.05. The number of hydrogen-bond acceptors (Lipinski definition) is 3. The molecule has 0 bridgehead atoms. The maximum Gasteiger partial charge on any atom is 0.248 e. The molecule has 0 aromatic heterocycles. The van der Waals surface area contributed by atoms with Crippen LogP contribution in [0.3, 0.4) is 0 Å². The van der Waals surface area contributed by atoms with Gasteiger partial charge in [0, 0.05) is 11.1 Å². The van der Waals surface area contributed by atoms with E-state index in [-0.39, 0.29) is 11.4 Å². The van der Waals surface area contributed by atoms with E-state index >= 15 is 0 Å². The van der Waals surface area contributed by atoms with Gasteiger partial charge in [-0.1, -0.05) is 17.7 Å². The first-order chi connectivity index (χ1) is 12.0. The van der Waals surface area contributed by atoms with E-state index in [0.29, 0.717) is 11.1 Å². The third-order valence-electron chi connectivity index (χ3n) is 3.69. The van der Waals surface area contributed by atoms with Crippen LogP contribution in [0.1, 0.15) is 12.5 Å². The number of carbonyl (C=O) groups is 1. The van der Waals surface area contributed by atoms with Crippen molar-refractivity contribution in [2.75, 3.05) is 15.9 Å². The van der Waals surface area contributed by atoms with E-state index < -0.39 is 33.6 Å². The van der Waals surface area contributed by atoms with Crippen LogP contribution in [0.25, 0.3) is 0 Å². The van der Waals surface area contributed by atoms with Crippen molar-refractivity contribution in [1.82, 2.24) is 0 Å². The molecule has 1 atom stereocenters.